The monoisotopic (exact) mass is 1190 g/mol. The summed E-state index contributed by atoms with van der Waals surface area (Å²) in [7, 11) is 0. The van der Waals surface area contributed by atoms with Gasteiger partial charge in [0, 0.05) is 62.6 Å². The van der Waals surface area contributed by atoms with Crippen molar-refractivity contribution in [1.82, 2.24) is 0 Å². The molecule has 0 N–H and O–H groups in total. The highest BCUT2D eigenvalue weighted by atomic mass is 15.2. The molecule has 0 heterocycles. The van der Waals surface area contributed by atoms with E-state index in [0.29, 0.717) is 18.3 Å². The molecular weight excluding hydrogens is 1100 g/mol. The first kappa shape index (κ1) is 60.3. The summed E-state index contributed by atoms with van der Waals surface area (Å²) in [5.41, 5.74) is 30.9. The fraction of sp³-hybridized carbons (Fsp3) is 0.218. The molecule has 1 fully saturated rings. The Hall–Kier alpha value is -9.64. The van der Waals surface area contributed by atoms with Gasteiger partial charge in [0.2, 0.25) is 0 Å². The number of allylic oxidation sites excluding steroid dienone is 10. The van der Waals surface area contributed by atoms with E-state index in [1.807, 2.05) is 13.8 Å². The van der Waals surface area contributed by atoms with Crippen molar-refractivity contribution >= 4 is 56.8 Å². The smallest absolute Gasteiger partial charge is 0.0693 e. The lowest BCUT2D eigenvalue weighted by molar-refractivity contribution is 0.741. The highest BCUT2D eigenvalue weighted by Gasteiger charge is 2.53. The molecule has 14 rings (SSSR count). The van der Waals surface area contributed by atoms with Crippen molar-refractivity contribution in [2.75, 3.05) is 19.6 Å². The van der Waals surface area contributed by atoms with Gasteiger partial charge in [-0.05, 0) is 285 Å². The van der Waals surface area contributed by atoms with Gasteiger partial charge in [0.25, 0.3) is 0 Å². The summed E-state index contributed by atoms with van der Waals surface area (Å²) in [6.45, 7) is 24.1. The average molecular weight is 1190 g/mol. The summed E-state index contributed by atoms with van der Waals surface area (Å²) < 4.78 is 0. The third-order valence-corrected chi connectivity index (χ3v) is 19.2. The molecular formula is C87H86N4. The summed E-state index contributed by atoms with van der Waals surface area (Å²) >= 11 is 0. The molecule has 9 aromatic carbocycles. The number of fused-ring (bicyclic) bond motifs is 9. The first-order valence-electron chi connectivity index (χ1n) is 33.2. The van der Waals surface area contributed by atoms with Crippen LogP contribution >= 0.6 is 0 Å². The molecule has 0 amide bonds. The number of benzene rings is 9. The topological polar surface area (TPSA) is 13.0 Å². The number of aryl methyl sites for hydroxylation is 6. The van der Waals surface area contributed by atoms with Crippen LogP contribution in [-0.4, -0.2) is 6.04 Å². The lowest BCUT2D eigenvalue weighted by Gasteiger charge is -2.37. The van der Waals surface area contributed by atoms with Crippen LogP contribution in [0.15, 0.2) is 277 Å². The minimum absolute atomic E-state index is 0.111. The van der Waals surface area contributed by atoms with Gasteiger partial charge >= 0.3 is 0 Å². The normalized spacial score (nSPS) is 18.4. The molecule has 454 valence electrons. The van der Waals surface area contributed by atoms with Gasteiger partial charge in [0.05, 0.1) is 11.5 Å². The van der Waals surface area contributed by atoms with E-state index in [1.54, 1.807) is 0 Å². The van der Waals surface area contributed by atoms with E-state index in [4.69, 9.17) is 0 Å². The van der Waals surface area contributed by atoms with Crippen LogP contribution in [0.25, 0.3) is 16.7 Å². The van der Waals surface area contributed by atoms with Crippen LogP contribution in [-0.2, 0) is 11.8 Å². The van der Waals surface area contributed by atoms with Crippen LogP contribution in [0.4, 0.5) is 51.2 Å². The first-order chi connectivity index (χ1) is 44.4. The van der Waals surface area contributed by atoms with Crippen molar-refractivity contribution in [3.05, 3.63) is 333 Å². The third kappa shape index (κ3) is 11.4. The van der Waals surface area contributed by atoms with Crippen LogP contribution in [0, 0.1) is 46.5 Å². The third-order valence-electron chi connectivity index (χ3n) is 19.2. The van der Waals surface area contributed by atoms with E-state index in [9.17, 15) is 0 Å². The van der Waals surface area contributed by atoms with E-state index in [-0.39, 0.29) is 6.04 Å². The fourth-order valence-corrected chi connectivity index (χ4v) is 14.8. The molecule has 1 saturated carbocycles. The number of hydrogen-bond donors (Lipinski definition) is 0. The molecule has 91 heavy (non-hydrogen) atoms. The number of rotatable bonds is 15. The largest absolute Gasteiger partial charge is 0.334 e. The quantitative estimate of drug-likeness (QED) is 0.0949. The maximum atomic E-state index is 2.63. The zero-order valence-corrected chi connectivity index (χ0v) is 55.1. The Morgan fingerprint density at radius 3 is 1.53 bits per heavy atom. The maximum Gasteiger partial charge on any atom is 0.0693 e. The lowest BCUT2D eigenvalue weighted by atomic mass is 9.68. The van der Waals surface area contributed by atoms with Gasteiger partial charge in [-0.3, -0.25) is 0 Å². The van der Waals surface area contributed by atoms with Gasteiger partial charge in [-0.15, -0.1) is 0 Å². The molecule has 4 atom stereocenters. The molecule has 0 radical (unpaired) electrons. The Labute approximate surface area is 542 Å². The zero-order chi connectivity index (χ0) is 63.1. The number of anilines is 9. The Bertz CT molecular complexity index is 4410. The van der Waals surface area contributed by atoms with Gasteiger partial charge in [0.1, 0.15) is 0 Å². The van der Waals surface area contributed by atoms with Gasteiger partial charge in [-0.2, -0.15) is 0 Å². The Morgan fingerprint density at radius 2 is 0.967 bits per heavy atom. The van der Waals surface area contributed by atoms with Crippen LogP contribution in [0.5, 0.6) is 0 Å². The van der Waals surface area contributed by atoms with E-state index >= 15 is 0 Å². The summed E-state index contributed by atoms with van der Waals surface area (Å²) in [5.74, 6) is 1.29. The van der Waals surface area contributed by atoms with E-state index in [2.05, 4.69) is 337 Å². The second kappa shape index (κ2) is 25.3. The highest BCUT2D eigenvalue weighted by Crippen LogP contribution is 2.65. The molecule has 4 nitrogen and oxygen atoms in total. The molecule has 5 aliphatic carbocycles. The van der Waals surface area contributed by atoms with Crippen LogP contribution in [0.1, 0.15) is 116 Å². The molecule has 0 saturated heterocycles. The maximum absolute atomic E-state index is 2.63. The second-order valence-electron chi connectivity index (χ2n) is 25.7. The molecule has 0 aromatic heterocycles. The van der Waals surface area contributed by atoms with Gasteiger partial charge < -0.3 is 19.6 Å². The molecule has 9 aromatic rings. The lowest BCUT2D eigenvalue weighted by Crippen LogP contribution is -2.32. The minimum atomic E-state index is -0.765. The van der Waals surface area contributed by atoms with Crippen molar-refractivity contribution in [2.45, 2.75) is 113 Å². The van der Waals surface area contributed by atoms with Crippen molar-refractivity contribution in [2.24, 2.45) is 11.8 Å². The van der Waals surface area contributed by atoms with Crippen LogP contribution < -0.4 is 19.6 Å². The van der Waals surface area contributed by atoms with Crippen LogP contribution in [0.2, 0.25) is 0 Å². The van der Waals surface area contributed by atoms with Crippen molar-refractivity contribution in [3.8, 4) is 11.1 Å². The van der Waals surface area contributed by atoms with E-state index in [0.717, 1.165) is 64.0 Å². The highest BCUT2D eigenvalue weighted by molar-refractivity contribution is 6.00. The van der Waals surface area contributed by atoms with E-state index in [1.165, 1.54) is 101 Å². The molecule has 4 unspecified atom stereocenters. The van der Waals surface area contributed by atoms with Crippen LogP contribution in [0.3, 0.4) is 0 Å². The fourth-order valence-electron chi connectivity index (χ4n) is 14.8. The first-order valence-corrected chi connectivity index (χ1v) is 33.2. The standard InChI is InChI=1S/C85H80N4.C2H6/c1-10-63-25-18-32-73(52-63)89(72-31-17-24-61(8)50-72)76-37-41-78-77-40-35-66(87(68-27-13-20-57(4)46-68)69-28-14-21-58(5)47-69)39-44-81(77)85(82(78)55-76)83-53-74(86(67-26-12-19-56(3)45-67)65(11-2)34-33-64-51-62(64)9)36-42-79(83)80-43-38-75(54-84(80)85)88(70-29-15-22-59(6)48-70)71-30-16-23-60(7)49-71;1-2/h11-30,32-43,45-50,52-55,62,64,72H,10,31,44,51H2,1-9H3;1-2H3/b34-33-,65-11+;. The summed E-state index contributed by atoms with van der Waals surface area (Å²) in [4.78, 5) is 10.1. The second-order valence-corrected chi connectivity index (χ2v) is 25.7. The predicted molar refractivity (Wildman–Crippen MR) is 390 cm³/mol. The SMILES string of the molecule is C/C=C(\C=C/C1CC1C)N(c1cccc(C)c1)c1ccc2c(c1)C1(C3=C(C=CC(N(c4cccc(C)c4)c4cccc(C)c4)=CC3)c3ccc(N(c4cccc(CC)c4)C4C=C(C)C=CC4)cc31)c1cc(N(c3cccc(C)c3)c3cccc(C)c3)ccc1-2.CC. The summed E-state index contributed by atoms with van der Waals surface area (Å²) in [5, 5.41) is 0. The minimum Gasteiger partial charge on any atom is -0.334 e. The molecule has 0 aliphatic heterocycles. The summed E-state index contributed by atoms with van der Waals surface area (Å²) in [6.07, 6.45) is 25.5. The van der Waals surface area contributed by atoms with Gasteiger partial charge in [-0.25, -0.2) is 0 Å². The number of hydrogen-bond acceptors (Lipinski definition) is 4. The van der Waals surface area contributed by atoms with E-state index < -0.39 is 5.41 Å². The van der Waals surface area contributed by atoms with Gasteiger partial charge in [0.15, 0.2) is 0 Å². The molecule has 1 spiro atoms. The van der Waals surface area contributed by atoms with Crippen molar-refractivity contribution in [1.29, 1.82) is 0 Å². The predicted octanol–water partition coefficient (Wildman–Crippen LogP) is 23.7. The average Bonchev–Trinajstić information content (AvgIpc) is 1.51. The number of nitrogens with zero attached hydrogens (tertiary/aromatic N) is 4. The molecule has 0 bridgehead atoms. The van der Waals surface area contributed by atoms with Crippen molar-refractivity contribution < 1.29 is 0 Å². The Kier molecular flexibility index (Phi) is 16.8. The van der Waals surface area contributed by atoms with Gasteiger partial charge in [-0.1, -0.05) is 167 Å². The molecule has 4 heteroatoms. The summed E-state index contributed by atoms with van der Waals surface area (Å²) in [6, 6.07) is 76.7. The molecule has 5 aliphatic rings. The zero-order valence-electron chi connectivity index (χ0n) is 55.1. The van der Waals surface area contributed by atoms with Crippen molar-refractivity contribution in [3.63, 3.8) is 0 Å². The Morgan fingerprint density at radius 1 is 0.505 bits per heavy atom. The Balaban J connectivity index is 0.00000375.